The van der Waals surface area contributed by atoms with Crippen LogP contribution in [0.15, 0.2) is 18.3 Å². The largest absolute Gasteiger partial charge is 0.367 e. The lowest BCUT2D eigenvalue weighted by molar-refractivity contribution is 0.341. The van der Waals surface area contributed by atoms with E-state index in [0.717, 1.165) is 6.42 Å². The quantitative estimate of drug-likeness (QED) is 0.805. The topological polar surface area (TPSA) is 48.7 Å². The number of alkyl halides is 1. The third-order valence-corrected chi connectivity index (χ3v) is 2.61. The Bertz CT molecular complexity index is 386. The number of nitrogens with one attached hydrogen (secondary N) is 1. The van der Waals surface area contributed by atoms with Crippen molar-refractivity contribution >= 4 is 5.82 Å². The number of rotatable bonds is 2. The molecule has 0 aromatic carbocycles. The molecule has 0 bridgehead atoms. The van der Waals surface area contributed by atoms with Gasteiger partial charge in [0.1, 0.15) is 12.0 Å². The van der Waals surface area contributed by atoms with Gasteiger partial charge in [0, 0.05) is 12.2 Å². The summed E-state index contributed by atoms with van der Waals surface area (Å²) >= 11 is 0. The predicted molar refractivity (Wildman–Crippen MR) is 55.1 cm³/mol. The first-order valence-electron chi connectivity index (χ1n) is 5.04. The zero-order chi connectivity index (χ0) is 10.7. The zero-order valence-corrected chi connectivity index (χ0v) is 8.28. The number of pyridine rings is 1. The summed E-state index contributed by atoms with van der Waals surface area (Å²) < 4.78 is 12.9. The Morgan fingerprint density at radius 3 is 3.07 bits per heavy atom. The van der Waals surface area contributed by atoms with Crippen LogP contribution in [0.5, 0.6) is 0 Å². The van der Waals surface area contributed by atoms with Crippen LogP contribution in [0.3, 0.4) is 0 Å². The Morgan fingerprint density at radius 2 is 2.40 bits per heavy atom. The zero-order valence-electron chi connectivity index (χ0n) is 8.28. The summed E-state index contributed by atoms with van der Waals surface area (Å²) in [4.78, 5) is 4.09. The fraction of sp³-hybridized carbons (Fsp3) is 0.455. The normalized spacial score (nSPS) is 24.8. The Morgan fingerprint density at radius 1 is 1.53 bits per heavy atom. The number of hydrogen-bond donors (Lipinski definition) is 1. The van der Waals surface area contributed by atoms with Gasteiger partial charge in [-0.1, -0.05) is 0 Å². The molecule has 1 N–H and O–H groups in total. The number of nitriles is 1. The molecule has 2 rings (SSSR count). The van der Waals surface area contributed by atoms with Gasteiger partial charge in [0.15, 0.2) is 0 Å². The molecule has 2 unspecified atom stereocenters. The fourth-order valence-electron chi connectivity index (χ4n) is 1.85. The second kappa shape index (κ2) is 4.26. The average Bonchev–Trinajstić information content (AvgIpc) is 2.64. The fourth-order valence-corrected chi connectivity index (χ4v) is 1.85. The van der Waals surface area contributed by atoms with Crippen molar-refractivity contribution in [1.82, 2.24) is 4.98 Å². The van der Waals surface area contributed by atoms with E-state index in [0.29, 0.717) is 24.2 Å². The molecule has 15 heavy (non-hydrogen) atoms. The first-order chi connectivity index (χ1) is 7.28. The maximum atomic E-state index is 12.9. The van der Waals surface area contributed by atoms with Crippen LogP contribution in [0.4, 0.5) is 10.2 Å². The number of anilines is 1. The van der Waals surface area contributed by atoms with Gasteiger partial charge in [0.05, 0.1) is 11.6 Å². The summed E-state index contributed by atoms with van der Waals surface area (Å²) in [6.45, 7) is 0. The molecule has 0 spiro atoms. The molecule has 1 aromatic rings. The van der Waals surface area contributed by atoms with Gasteiger partial charge in [-0.3, -0.25) is 0 Å². The first-order valence-corrected chi connectivity index (χ1v) is 5.04. The Labute approximate surface area is 87.9 Å². The van der Waals surface area contributed by atoms with Gasteiger partial charge in [-0.2, -0.15) is 5.26 Å². The lowest BCUT2D eigenvalue weighted by Gasteiger charge is -2.12. The van der Waals surface area contributed by atoms with E-state index >= 15 is 0 Å². The molecule has 3 nitrogen and oxygen atoms in total. The van der Waals surface area contributed by atoms with Gasteiger partial charge < -0.3 is 5.32 Å². The number of halogens is 1. The Hall–Kier alpha value is -1.63. The van der Waals surface area contributed by atoms with Crippen molar-refractivity contribution < 1.29 is 4.39 Å². The molecular formula is C11H12FN3. The third-order valence-electron chi connectivity index (χ3n) is 2.61. The SMILES string of the molecule is N#Cc1ccnc(NC2CCC(F)C2)c1. The van der Waals surface area contributed by atoms with Crippen LogP contribution in [0.25, 0.3) is 0 Å². The Balaban J connectivity index is 2.02. The van der Waals surface area contributed by atoms with Crippen molar-refractivity contribution in [3.63, 3.8) is 0 Å². The smallest absolute Gasteiger partial charge is 0.127 e. The van der Waals surface area contributed by atoms with Gasteiger partial charge >= 0.3 is 0 Å². The van der Waals surface area contributed by atoms with E-state index in [1.807, 2.05) is 6.07 Å². The van der Waals surface area contributed by atoms with Gasteiger partial charge in [-0.25, -0.2) is 9.37 Å². The molecule has 1 heterocycles. The van der Waals surface area contributed by atoms with E-state index in [4.69, 9.17) is 5.26 Å². The molecule has 2 atom stereocenters. The third kappa shape index (κ3) is 2.44. The van der Waals surface area contributed by atoms with E-state index in [-0.39, 0.29) is 6.04 Å². The maximum Gasteiger partial charge on any atom is 0.127 e. The monoisotopic (exact) mass is 205 g/mol. The second-order valence-corrected chi connectivity index (χ2v) is 3.79. The van der Waals surface area contributed by atoms with E-state index in [1.54, 1.807) is 18.3 Å². The van der Waals surface area contributed by atoms with Crippen molar-refractivity contribution in [3.8, 4) is 6.07 Å². The minimum atomic E-state index is -0.693. The molecule has 4 heteroatoms. The van der Waals surface area contributed by atoms with E-state index in [1.165, 1.54) is 0 Å². The minimum Gasteiger partial charge on any atom is -0.367 e. The van der Waals surface area contributed by atoms with Crippen molar-refractivity contribution in [2.45, 2.75) is 31.5 Å². The van der Waals surface area contributed by atoms with Crippen LogP contribution in [0, 0.1) is 11.3 Å². The highest BCUT2D eigenvalue weighted by Crippen LogP contribution is 2.24. The molecule has 1 aromatic heterocycles. The first kappa shape index (κ1) is 9.91. The van der Waals surface area contributed by atoms with Crippen molar-refractivity contribution in [3.05, 3.63) is 23.9 Å². The molecule has 1 saturated carbocycles. The standard InChI is InChI=1S/C11H12FN3/c12-9-1-2-10(6-9)15-11-5-8(7-13)3-4-14-11/h3-5,9-10H,1-2,6H2,(H,14,15). The summed E-state index contributed by atoms with van der Waals surface area (Å²) in [5.41, 5.74) is 0.572. The summed E-state index contributed by atoms with van der Waals surface area (Å²) in [6.07, 6.45) is 2.89. The molecule has 1 aliphatic rings. The van der Waals surface area contributed by atoms with E-state index in [9.17, 15) is 4.39 Å². The summed E-state index contributed by atoms with van der Waals surface area (Å²) in [6, 6.07) is 5.54. The number of hydrogen-bond acceptors (Lipinski definition) is 3. The summed E-state index contributed by atoms with van der Waals surface area (Å²) in [5.74, 6) is 0.660. The van der Waals surface area contributed by atoms with Gasteiger partial charge in [0.2, 0.25) is 0 Å². The van der Waals surface area contributed by atoms with Crippen LogP contribution in [0.1, 0.15) is 24.8 Å². The predicted octanol–water partition coefficient (Wildman–Crippen LogP) is 2.26. The highest BCUT2D eigenvalue weighted by molar-refractivity contribution is 5.43. The average molecular weight is 205 g/mol. The van der Waals surface area contributed by atoms with Crippen molar-refractivity contribution in [2.24, 2.45) is 0 Å². The highest BCUT2D eigenvalue weighted by Gasteiger charge is 2.24. The molecular weight excluding hydrogens is 193 g/mol. The highest BCUT2D eigenvalue weighted by atomic mass is 19.1. The van der Waals surface area contributed by atoms with Crippen molar-refractivity contribution in [2.75, 3.05) is 5.32 Å². The van der Waals surface area contributed by atoms with Crippen LogP contribution in [0.2, 0.25) is 0 Å². The van der Waals surface area contributed by atoms with Gasteiger partial charge in [0.25, 0.3) is 0 Å². The summed E-state index contributed by atoms with van der Waals surface area (Å²) in [5, 5.41) is 11.8. The molecule has 0 radical (unpaired) electrons. The van der Waals surface area contributed by atoms with E-state index < -0.39 is 6.17 Å². The second-order valence-electron chi connectivity index (χ2n) is 3.79. The lowest BCUT2D eigenvalue weighted by atomic mass is 10.2. The Kier molecular flexibility index (Phi) is 2.82. The maximum absolute atomic E-state index is 12.9. The lowest BCUT2D eigenvalue weighted by Crippen LogP contribution is -2.16. The molecule has 1 aliphatic carbocycles. The number of aromatic nitrogens is 1. The van der Waals surface area contributed by atoms with Crippen molar-refractivity contribution in [1.29, 1.82) is 5.26 Å². The molecule has 0 amide bonds. The molecule has 0 aliphatic heterocycles. The van der Waals surface area contributed by atoms with Gasteiger partial charge in [-0.05, 0) is 31.4 Å². The number of nitrogens with zero attached hydrogens (tertiary/aromatic N) is 2. The van der Waals surface area contributed by atoms with Crippen LogP contribution in [-0.4, -0.2) is 17.2 Å². The van der Waals surface area contributed by atoms with Crippen LogP contribution >= 0.6 is 0 Å². The van der Waals surface area contributed by atoms with E-state index in [2.05, 4.69) is 10.3 Å². The van der Waals surface area contributed by atoms with Gasteiger partial charge in [-0.15, -0.1) is 0 Å². The molecule has 1 fully saturated rings. The minimum absolute atomic E-state index is 0.154. The summed E-state index contributed by atoms with van der Waals surface area (Å²) in [7, 11) is 0. The van der Waals surface area contributed by atoms with Crippen LogP contribution < -0.4 is 5.32 Å². The molecule has 78 valence electrons. The molecule has 0 saturated heterocycles. The van der Waals surface area contributed by atoms with Crippen LogP contribution in [-0.2, 0) is 0 Å².